The standard InChI is InChI=1S/C32H23N3O3/c36-29(21-11-2-1-3-12-21)28-27(30(37)24-15-8-9-19-33-24)32(22-13-5-6-14-23(22)34-31(32)38)26-18-17-20-10-4-7-16-25(20)35(26)28/h1-19,26-28H,(H,34,38)/t26-,27-,28-,32-/m1/s1. The number of rotatable bonds is 4. The van der Waals surface area contributed by atoms with E-state index in [2.05, 4.69) is 10.3 Å². The molecule has 3 aliphatic heterocycles. The number of amides is 1. The molecule has 4 atom stereocenters. The van der Waals surface area contributed by atoms with Gasteiger partial charge in [0.2, 0.25) is 5.91 Å². The van der Waals surface area contributed by atoms with Crippen molar-refractivity contribution >= 4 is 34.9 Å². The van der Waals surface area contributed by atoms with Crippen LogP contribution in [0, 0.1) is 5.92 Å². The summed E-state index contributed by atoms with van der Waals surface area (Å²) >= 11 is 0. The Kier molecular flexibility index (Phi) is 4.91. The second-order valence-corrected chi connectivity index (χ2v) is 9.87. The lowest BCUT2D eigenvalue weighted by Gasteiger charge is -2.37. The number of anilines is 2. The number of hydrogen-bond donors (Lipinski definition) is 1. The minimum Gasteiger partial charge on any atom is -0.352 e. The van der Waals surface area contributed by atoms with Crippen molar-refractivity contribution in [2.24, 2.45) is 5.92 Å². The van der Waals surface area contributed by atoms with E-state index < -0.39 is 23.4 Å². The van der Waals surface area contributed by atoms with Gasteiger partial charge >= 0.3 is 0 Å². The second kappa shape index (κ2) is 8.35. The number of ketones is 2. The van der Waals surface area contributed by atoms with E-state index in [1.807, 2.05) is 83.8 Å². The van der Waals surface area contributed by atoms with Crippen molar-refractivity contribution < 1.29 is 14.4 Å². The lowest BCUT2D eigenvalue weighted by molar-refractivity contribution is -0.121. The van der Waals surface area contributed by atoms with Crippen LogP contribution in [0.1, 0.15) is 32.0 Å². The molecule has 4 aromatic rings. The van der Waals surface area contributed by atoms with Gasteiger partial charge in [-0.3, -0.25) is 19.4 Å². The number of carbonyl (C=O) groups excluding carboxylic acids is 3. The zero-order valence-electron chi connectivity index (χ0n) is 20.3. The molecule has 1 fully saturated rings. The Balaban J connectivity index is 1.55. The fraction of sp³-hybridized carbons (Fsp3) is 0.125. The van der Waals surface area contributed by atoms with Crippen LogP contribution in [0.15, 0.2) is 109 Å². The maximum absolute atomic E-state index is 14.5. The molecule has 0 radical (unpaired) electrons. The third kappa shape index (κ3) is 2.94. The van der Waals surface area contributed by atoms with Gasteiger partial charge in [0.05, 0.1) is 12.0 Å². The van der Waals surface area contributed by atoms with Crippen LogP contribution in [-0.4, -0.2) is 34.5 Å². The van der Waals surface area contributed by atoms with E-state index in [9.17, 15) is 14.4 Å². The minimum atomic E-state index is -1.33. The summed E-state index contributed by atoms with van der Waals surface area (Å²) in [6.45, 7) is 0. The fourth-order valence-electron chi connectivity index (χ4n) is 6.56. The Morgan fingerprint density at radius 2 is 1.55 bits per heavy atom. The molecule has 0 unspecified atom stereocenters. The first kappa shape index (κ1) is 22.4. The van der Waals surface area contributed by atoms with Crippen LogP contribution in [0.25, 0.3) is 6.08 Å². The quantitative estimate of drug-likeness (QED) is 0.404. The summed E-state index contributed by atoms with van der Waals surface area (Å²) < 4.78 is 0. The highest BCUT2D eigenvalue weighted by atomic mass is 16.2. The van der Waals surface area contributed by atoms with E-state index >= 15 is 0 Å². The number of benzene rings is 3. The molecule has 7 rings (SSSR count). The summed E-state index contributed by atoms with van der Waals surface area (Å²) in [5, 5.41) is 3.04. The summed E-state index contributed by atoms with van der Waals surface area (Å²) in [6.07, 6.45) is 5.53. The van der Waals surface area contributed by atoms with Crippen molar-refractivity contribution in [2.45, 2.75) is 17.5 Å². The van der Waals surface area contributed by atoms with E-state index in [0.717, 1.165) is 16.8 Å². The normalized spacial score (nSPS) is 24.5. The summed E-state index contributed by atoms with van der Waals surface area (Å²) in [7, 11) is 0. The summed E-state index contributed by atoms with van der Waals surface area (Å²) in [5.74, 6) is -1.83. The van der Waals surface area contributed by atoms with Crippen molar-refractivity contribution in [3.05, 3.63) is 132 Å². The topological polar surface area (TPSA) is 79.4 Å². The van der Waals surface area contributed by atoms with Gasteiger partial charge in [0.25, 0.3) is 0 Å². The van der Waals surface area contributed by atoms with Crippen LogP contribution in [-0.2, 0) is 10.2 Å². The highest BCUT2D eigenvalue weighted by Crippen LogP contribution is 2.58. The molecule has 1 aromatic heterocycles. The molecule has 1 amide bonds. The predicted molar refractivity (Wildman–Crippen MR) is 145 cm³/mol. The van der Waals surface area contributed by atoms with Crippen molar-refractivity contribution in [1.82, 2.24) is 4.98 Å². The summed E-state index contributed by atoms with van der Waals surface area (Å²) in [4.78, 5) is 49.5. The molecule has 1 N–H and O–H groups in total. The van der Waals surface area contributed by atoms with Gasteiger partial charge in [0.1, 0.15) is 17.2 Å². The van der Waals surface area contributed by atoms with E-state index in [-0.39, 0.29) is 23.2 Å². The zero-order valence-corrected chi connectivity index (χ0v) is 20.3. The van der Waals surface area contributed by atoms with Crippen molar-refractivity contribution in [3.63, 3.8) is 0 Å². The van der Waals surface area contributed by atoms with Crippen LogP contribution < -0.4 is 10.2 Å². The molecular formula is C32H23N3O3. The van der Waals surface area contributed by atoms with Crippen LogP contribution in [0.4, 0.5) is 11.4 Å². The van der Waals surface area contributed by atoms with Gasteiger partial charge in [-0.05, 0) is 35.4 Å². The first-order valence-electron chi connectivity index (χ1n) is 12.6. The van der Waals surface area contributed by atoms with Crippen molar-refractivity contribution in [2.75, 3.05) is 10.2 Å². The molecule has 4 heterocycles. The largest absolute Gasteiger partial charge is 0.352 e. The lowest BCUT2D eigenvalue weighted by atomic mass is 9.64. The summed E-state index contributed by atoms with van der Waals surface area (Å²) in [5.41, 5.74) is 2.54. The van der Waals surface area contributed by atoms with E-state index in [1.54, 1.807) is 36.5 Å². The van der Waals surface area contributed by atoms with Gasteiger partial charge in [-0.2, -0.15) is 0 Å². The lowest BCUT2D eigenvalue weighted by Crippen LogP contribution is -2.51. The van der Waals surface area contributed by atoms with E-state index in [4.69, 9.17) is 0 Å². The van der Waals surface area contributed by atoms with Gasteiger partial charge < -0.3 is 10.2 Å². The maximum atomic E-state index is 14.5. The monoisotopic (exact) mass is 497 g/mol. The second-order valence-electron chi connectivity index (χ2n) is 9.87. The van der Waals surface area contributed by atoms with Crippen LogP contribution >= 0.6 is 0 Å². The van der Waals surface area contributed by atoms with Gasteiger partial charge in [-0.15, -0.1) is 0 Å². The third-order valence-electron chi connectivity index (χ3n) is 8.07. The molecule has 0 saturated carbocycles. The molecule has 0 aliphatic carbocycles. The number of pyridine rings is 1. The first-order chi connectivity index (χ1) is 18.6. The SMILES string of the molecule is O=C(c1ccccc1)[C@H]1[C@H](C(=O)c2ccccn2)[C@]2(C(=O)Nc3ccccc32)[C@H]2C=Cc3ccccc3N12. The Morgan fingerprint density at radius 1 is 0.816 bits per heavy atom. The molecule has 3 aliphatic rings. The Bertz CT molecular complexity index is 1630. The minimum absolute atomic E-state index is 0.205. The first-order valence-corrected chi connectivity index (χ1v) is 12.6. The molecule has 184 valence electrons. The fourth-order valence-corrected chi connectivity index (χ4v) is 6.56. The van der Waals surface area contributed by atoms with Crippen LogP contribution in [0.3, 0.4) is 0 Å². The molecule has 0 bridgehead atoms. The smallest absolute Gasteiger partial charge is 0.238 e. The number of Topliss-reactive ketones (excluding diaryl/α,β-unsaturated/α-hetero) is 2. The molecular weight excluding hydrogens is 474 g/mol. The summed E-state index contributed by atoms with van der Waals surface area (Å²) in [6, 6.07) is 27.9. The molecule has 6 heteroatoms. The van der Waals surface area contributed by atoms with Crippen molar-refractivity contribution in [3.8, 4) is 0 Å². The predicted octanol–water partition coefficient (Wildman–Crippen LogP) is 4.94. The Morgan fingerprint density at radius 3 is 2.37 bits per heavy atom. The van der Waals surface area contributed by atoms with E-state index in [1.165, 1.54) is 0 Å². The maximum Gasteiger partial charge on any atom is 0.238 e. The number of nitrogens with one attached hydrogen (secondary N) is 1. The van der Waals surface area contributed by atoms with Crippen molar-refractivity contribution in [1.29, 1.82) is 0 Å². The highest BCUT2D eigenvalue weighted by molar-refractivity contribution is 6.18. The van der Waals surface area contributed by atoms with Gasteiger partial charge in [-0.1, -0.05) is 84.9 Å². The van der Waals surface area contributed by atoms with Gasteiger partial charge in [-0.25, -0.2) is 0 Å². The number of nitrogens with zero attached hydrogens (tertiary/aromatic N) is 2. The van der Waals surface area contributed by atoms with Crippen LogP contribution in [0.2, 0.25) is 0 Å². The third-order valence-corrected chi connectivity index (χ3v) is 8.07. The number of para-hydroxylation sites is 2. The number of carbonyl (C=O) groups is 3. The molecule has 1 saturated heterocycles. The number of hydrogen-bond acceptors (Lipinski definition) is 5. The highest BCUT2D eigenvalue weighted by Gasteiger charge is 2.70. The Hall–Kier alpha value is -4.84. The molecule has 1 spiro atoms. The van der Waals surface area contributed by atoms with Gasteiger partial charge in [0.15, 0.2) is 11.6 Å². The van der Waals surface area contributed by atoms with Gasteiger partial charge in [0, 0.05) is 23.1 Å². The number of fused-ring (bicyclic) bond motifs is 6. The molecule has 38 heavy (non-hydrogen) atoms. The van der Waals surface area contributed by atoms with E-state index in [0.29, 0.717) is 11.3 Å². The number of aromatic nitrogens is 1. The zero-order chi connectivity index (χ0) is 25.9. The molecule has 6 nitrogen and oxygen atoms in total. The average molecular weight is 498 g/mol. The molecule has 3 aromatic carbocycles. The van der Waals surface area contributed by atoms with Crippen LogP contribution in [0.5, 0.6) is 0 Å². The average Bonchev–Trinajstić information content (AvgIpc) is 3.45. The Labute approximate surface area is 219 Å².